The molecule has 2 heterocycles. The number of hydrogen-bond donors (Lipinski definition) is 1. The van der Waals surface area contributed by atoms with E-state index in [1.807, 2.05) is 26.2 Å². The van der Waals surface area contributed by atoms with Gasteiger partial charge in [0.25, 0.3) is 5.91 Å². The minimum Gasteiger partial charge on any atom is -0.449 e. The lowest BCUT2D eigenvalue weighted by Gasteiger charge is -2.24. The largest absolute Gasteiger partial charge is 0.449 e. The van der Waals surface area contributed by atoms with Gasteiger partial charge in [-0.2, -0.15) is 0 Å². The fourth-order valence-corrected chi connectivity index (χ4v) is 4.43. The third kappa shape index (κ3) is 5.74. The predicted octanol–water partition coefficient (Wildman–Crippen LogP) is 6.17. The summed E-state index contributed by atoms with van der Waals surface area (Å²) in [5.74, 6) is 0.800. The highest BCUT2D eigenvalue weighted by Crippen LogP contribution is 2.38. The van der Waals surface area contributed by atoms with Crippen LogP contribution in [-0.2, 0) is 4.74 Å². The smallest absolute Gasteiger partial charge is 0.287 e. The van der Waals surface area contributed by atoms with Crippen LogP contribution in [0.1, 0.15) is 74.5 Å². The molecule has 4 rings (SSSR count). The Bertz CT molecular complexity index is 1040. The van der Waals surface area contributed by atoms with Crippen molar-refractivity contribution >= 4 is 5.91 Å². The molecule has 0 atom stereocenters. The molecule has 6 nitrogen and oxygen atoms in total. The van der Waals surface area contributed by atoms with Crippen LogP contribution < -0.4 is 5.32 Å². The number of imidazole rings is 1. The lowest BCUT2D eigenvalue weighted by Crippen LogP contribution is -2.25. The molecular formula is C27H35N3O3. The molecule has 6 heteroatoms. The van der Waals surface area contributed by atoms with Gasteiger partial charge in [-0.3, -0.25) is 4.79 Å². The number of hydrogen-bond acceptors (Lipinski definition) is 4. The maximum atomic E-state index is 12.6. The van der Waals surface area contributed by atoms with Gasteiger partial charge in [0.05, 0.1) is 18.1 Å². The first-order valence-corrected chi connectivity index (χ1v) is 12.2. The van der Waals surface area contributed by atoms with Crippen LogP contribution in [0, 0.1) is 6.92 Å². The van der Waals surface area contributed by atoms with E-state index in [1.54, 1.807) is 6.07 Å². The summed E-state index contributed by atoms with van der Waals surface area (Å²) in [6.45, 7) is 7.27. The van der Waals surface area contributed by atoms with Crippen molar-refractivity contribution in [1.82, 2.24) is 14.9 Å². The molecule has 0 aliphatic heterocycles. The van der Waals surface area contributed by atoms with E-state index in [0.717, 1.165) is 36.2 Å². The van der Waals surface area contributed by atoms with Gasteiger partial charge in [-0.05, 0) is 52.2 Å². The Hall–Kier alpha value is -2.86. The van der Waals surface area contributed by atoms with Gasteiger partial charge in [0, 0.05) is 24.8 Å². The zero-order chi connectivity index (χ0) is 23.2. The summed E-state index contributed by atoms with van der Waals surface area (Å²) in [6, 6.07) is 12.5. The maximum Gasteiger partial charge on any atom is 0.287 e. The van der Waals surface area contributed by atoms with Crippen LogP contribution in [0.4, 0.5) is 0 Å². The molecule has 0 saturated heterocycles. The van der Waals surface area contributed by atoms with E-state index in [0.29, 0.717) is 30.7 Å². The predicted molar refractivity (Wildman–Crippen MR) is 130 cm³/mol. The fourth-order valence-electron chi connectivity index (χ4n) is 4.43. The summed E-state index contributed by atoms with van der Waals surface area (Å²) in [5.41, 5.74) is 4.11. The molecule has 0 spiro atoms. The molecule has 0 unspecified atom stereocenters. The van der Waals surface area contributed by atoms with Crippen molar-refractivity contribution in [2.24, 2.45) is 0 Å². The molecule has 33 heavy (non-hydrogen) atoms. The molecule has 0 bridgehead atoms. The number of nitrogens with zero attached hydrogens (tertiary/aromatic N) is 2. The standard InChI is InChI=1S/C27H35N3O3/c1-19(2)32-17-7-16-28-27(31)24-15-14-23(33-24)26-25(21-12-10-20(3)11-13-21)29-18-30(26)22-8-5-4-6-9-22/h10-15,18-19,22H,4-9,16-17H2,1-3H3,(H,28,31). The molecule has 0 radical (unpaired) electrons. The van der Waals surface area contributed by atoms with Gasteiger partial charge < -0.3 is 19.0 Å². The number of carbonyl (C=O) groups is 1. The second-order valence-electron chi connectivity index (χ2n) is 9.20. The monoisotopic (exact) mass is 449 g/mol. The number of ether oxygens (including phenoxy) is 1. The Morgan fingerprint density at radius 1 is 1.15 bits per heavy atom. The summed E-state index contributed by atoms with van der Waals surface area (Å²) in [4.78, 5) is 17.4. The number of carbonyl (C=O) groups excluding carboxylic acids is 1. The highest BCUT2D eigenvalue weighted by molar-refractivity contribution is 5.92. The van der Waals surface area contributed by atoms with Crippen LogP contribution in [0.25, 0.3) is 22.7 Å². The third-order valence-electron chi connectivity index (χ3n) is 6.21. The second-order valence-corrected chi connectivity index (χ2v) is 9.20. The average molecular weight is 450 g/mol. The van der Waals surface area contributed by atoms with Crippen LogP contribution in [0.3, 0.4) is 0 Å². The minimum absolute atomic E-state index is 0.199. The normalized spacial score (nSPS) is 14.7. The lowest BCUT2D eigenvalue weighted by atomic mass is 9.95. The Morgan fingerprint density at radius 3 is 2.64 bits per heavy atom. The van der Waals surface area contributed by atoms with Gasteiger partial charge in [-0.25, -0.2) is 4.98 Å². The van der Waals surface area contributed by atoms with E-state index < -0.39 is 0 Å². The lowest BCUT2D eigenvalue weighted by molar-refractivity contribution is 0.0753. The first-order valence-electron chi connectivity index (χ1n) is 12.2. The van der Waals surface area contributed by atoms with Crippen LogP contribution in [-0.4, -0.2) is 34.7 Å². The molecule has 1 saturated carbocycles. The van der Waals surface area contributed by atoms with Crippen molar-refractivity contribution in [2.45, 2.75) is 71.4 Å². The van der Waals surface area contributed by atoms with Crippen molar-refractivity contribution in [3.8, 4) is 22.7 Å². The summed E-state index contributed by atoms with van der Waals surface area (Å²) in [6.07, 6.45) is 8.94. The average Bonchev–Trinajstić information content (AvgIpc) is 3.47. The Labute approximate surface area is 196 Å². The Balaban J connectivity index is 1.57. The highest BCUT2D eigenvalue weighted by atomic mass is 16.5. The molecule has 1 aliphatic rings. The third-order valence-corrected chi connectivity index (χ3v) is 6.21. The number of aromatic nitrogens is 2. The van der Waals surface area contributed by atoms with Gasteiger partial charge in [-0.1, -0.05) is 49.1 Å². The van der Waals surface area contributed by atoms with Crippen molar-refractivity contribution in [3.05, 3.63) is 54.0 Å². The number of amides is 1. The zero-order valence-corrected chi connectivity index (χ0v) is 20.0. The summed E-state index contributed by atoms with van der Waals surface area (Å²) >= 11 is 0. The highest BCUT2D eigenvalue weighted by Gasteiger charge is 2.25. The molecule has 2 aromatic heterocycles. The van der Waals surface area contributed by atoms with Gasteiger partial charge in [0.2, 0.25) is 0 Å². The number of furan rings is 1. The number of benzene rings is 1. The quantitative estimate of drug-likeness (QED) is 0.397. The zero-order valence-electron chi connectivity index (χ0n) is 20.0. The summed E-state index contributed by atoms with van der Waals surface area (Å²) in [5, 5.41) is 2.93. The second kappa shape index (κ2) is 10.8. The molecule has 3 aromatic rings. The molecule has 176 valence electrons. The molecule has 1 N–H and O–H groups in total. The van der Waals surface area contributed by atoms with Crippen LogP contribution in [0.5, 0.6) is 0 Å². The van der Waals surface area contributed by atoms with Crippen LogP contribution in [0.2, 0.25) is 0 Å². The van der Waals surface area contributed by atoms with Crippen molar-refractivity contribution in [2.75, 3.05) is 13.2 Å². The fraction of sp³-hybridized carbons (Fsp3) is 0.481. The van der Waals surface area contributed by atoms with Crippen molar-refractivity contribution < 1.29 is 13.9 Å². The first-order chi connectivity index (χ1) is 16.0. The van der Waals surface area contributed by atoms with Crippen molar-refractivity contribution in [1.29, 1.82) is 0 Å². The van der Waals surface area contributed by atoms with Gasteiger partial charge in [0.15, 0.2) is 11.5 Å². The van der Waals surface area contributed by atoms with E-state index in [4.69, 9.17) is 14.1 Å². The summed E-state index contributed by atoms with van der Waals surface area (Å²) < 4.78 is 13.9. The van der Waals surface area contributed by atoms with Gasteiger partial charge >= 0.3 is 0 Å². The molecule has 1 aromatic carbocycles. The molecule has 1 fully saturated rings. The summed E-state index contributed by atoms with van der Waals surface area (Å²) in [7, 11) is 0. The Morgan fingerprint density at radius 2 is 1.91 bits per heavy atom. The SMILES string of the molecule is Cc1ccc(-c2ncn(C3CCCCC3)c2-c2ccc(C(=O)NCCCOC(C)C)o2)cc1. The minimum atomic E-state index is -0.202. The molecular weight excluding hydrogens is 414 g/mol. The van der Waals surface area contributed by atoms with Crippen LogP contribution >= 0.6 is 0 Å². The number of rotatable bonds is 9. The van der Waals surface area contributed by atoms with Crippen LogP contribution in [0.15, 0.2) is 47.1 Å². The van der Waals surface area contributed by atoms with E-state index in [9.17, 15) is 4.79 Å². The van der Waals surface area contributed by atoms with Crippen molar-refractivity contribution in [3.63, 3.8) is 0 Å². The van der Waals surface area contributed by atoms with Gasteiger partial charge in [-0.15, -0.1) is 0 Å². The Kier molecular flexibility index (Phi) is 7.65. The molecule has 1 aliphatic carbocycles. The van der Waals surface area contributed by atoms with E-state index in [-0.39, 0.29) is 12.0 Å². The van der Waals surface area contributed by atoms with Gasteiger partial charge in [0.1, 0.15) is 5.69 Å². The topological polar surface area (TPSA) is 69.3 Å². The van der Waals surface area contributed by atoms with E-state index in [2.05, 4.69) is 41.1 Å². The maximum absolute atomic E-state index is 12.6. The number of aryl methyl sites for hydroxylation is 1. The first kappa shape index (κ1) is 23.3. The van der Waals surface area contributed by atoms with E-state index >= 15 is 0 Å². The van der Waals surface area contributed by atoms with E-state index in [1.165, 1.54) is 24.8 Å². The number of nitrogens with one attached hydrogen (secondary N) is 1. The molecule has 1 amide bonds.